The minimum atomic E-state index is 0. The number of hydrogen-bond acceptors (Lipinski definition) is 1. The molecule has 1 radical (unpaired) electrons. The molecule has 0 fully saturated rings. The predicted molar refractivity (Wildman–Crippen MR) is 27.0 cm³/mol. The molecule has 7 heavy (non-hydrogen) atoms. The second kappa shape index (κ2) is 9.71. The van der Waals surface area contributed by atoms with Crippen LogP contribution in [0.25, 0.3) is 0 Å². The van der Waals surface area contributed by atoms with Crippen molar-refractivity contribution < 1.29 is 27.2 Å². The number of carbonyl (C=O) groups excluding carboxylic acids is 1. The van der Waals surface area contributed by atoms with Crippen molar-refractivity contribution in [1.82, 2.24) is 4.90 Å². The molecule has 0 rings (SSSR count). The van der Waals surface area contributed by atoms with Gasteiger partial charge in [0.05, 0.1) is 0 Å². The quantitative estimate of drug-likeness (QED) is 0.498. The molecule has 0 aromatic rings. The van der Waals surface area contributed by atoms with Crippen molar-refractivity contribution >= 4 is 18.8 Å². The van der Waals surface area contributed by atoms with Gasteiger partial charge >= 0.3 is 0 Å². The Hall–Kier alpha value is 0.500. The molecule has 0 unspecified atom stereocenters. The van der Waals surface area contributed by atoms with Gasteiger partial charge in [0.1, 0.15) is 0 Å². The van der Waals surface area contributed by atoms with Gasteiger partial charge in [-0.05, 0) is 0 Å². The SMILES string of the molecule is CN(C)C=O.Cl.[Au]. The van der Waals surface area contributed by atoms with E-state index < -0.39 is 0 Å². The molecule has 4 heteroatoms. The van der Waals surface area contributed by atoms with Crippen LogP contribution in [0.15, 0.2) is 0 Å². The summed E-state index contributed by atoms with van der Waals surface area (Å²) in [5, 5.41) is 0. The molecule has 0 aromatic carbocycles. The monoisotopic (exact) mass is 306 g/mol. The summed E-state index contributed by atoms with van der Waals surface area (Å²) in [6, 6.07) is 0. The molecule has 0 aromatic heterocycles. The first-order chi connectivity index (χ1) is 2.27. The molecule has 0 aliphatic rings. The molecule has 0 atom stereocenters. The number of hydrogen-bond donors (Lipinski definition) is 0. The molecule has 0 spiro atoms. The minimum absolute atomic E-state index is 0. The molecule has 0 saturated heterocycles. The van der Waals surface area contributed by atoms with Crippen molar-refractivity contribution in [3.05, 3.63) is 0 Å². The van der Waals surface area contributed by atoms with Crippen molar-refractivity contribution in [2.45, 2.75) is 0 Å². The Labute approximate surface area is 65.2 Å². The van der Waals surface area contributed by atoms with Crippen molar-refractivity contribution in [3.8, 4) is 0 Å². The van der Waals surface area contributed by atoms with E-state index in [0.29, 0.717) is 0 Å². The van der Waals surface area contributed by atoms with E-state index in [1.54, 1.807) is 14.1 Å². The molecule has 0 N–H and O–H groups in total. The third kappa shape index (κ3) is 21.1. The molecule has 0 aliphatic carbocycles. The standard InChI is InChI=1S/C3H7NO.Au.ClH/c1-4(2)3-5;;/h3H,1-2H3;;1H. The minimum Gasteiger partial charge on any atom is -0.351 e. The van der Waals surface area contributed by atoms with Gasteiger partial charge in [-0.3, -0.25) is 4.79 Å². The molecule has 0 aliphatic heterocycles. The molecule has 49 valence electrons. The first-order valence-corrected chi connectivity index (χ1v) is 1.39. The van der Waals surface area contributed by atoms with E-state index in [9.17, 15) is 4.79 Å². The fourth-order valence-corrected chi connectivity index (χ4v) is 0. The van der Waals surface area contributed by atoms with Gasteiger partial charge in [0.2, 0.25) is 6.41 Å². The first-order valence-electron chi connectivity index (χ1n) is 1.39. The Balaban J connectivity index is -0.0000000800. The third-order valence-corrected chi connectivity index (χ3v) is 0.211. The second-order valence-corrected chi connectivity index (χ2v) is 1.07. The van der Waals surface area contributed by atoms with Crippen molar-refractivity contribution in [3.63, 3.8) is 0 Å². The Morgan fingerprint density at radius 1 is 1.43 bits per heavy atom. The van der Waals surface area contributed by atoms with E-state index >= 15 is 0 Å². The van der Waals surface area contributed by atoms with Crippen LogP contribution in [0.1, 0.15) is 0 Å². The third-order valence-electron chi connectivity index (χ3n) is 0.211. The fraction of sp³-hybridized carbons (Fsp3) is 0.667. The van der Waals surface area contributed by atoms with Crippen LogP contribution in [0, 0.1) is 0 Å². The Kier molecular flexibility index (Phi) is 21.7. The molecule has 1 amide bonds. The van der Waals surface area contributed by atoms with Gasteiger partial charge < -0.3 is 4.90 Å². The van der Waals surface area contributed by atoms with Gasteiger partial charge in [0.25, 0.3) is 0 Å². The van der Waals surface area contributed by atoms with Gasteiger partial charge in [0, 0.05) is 36.5 Å². The Morgan fingerprint density at radius 3 is 1.57 bits per heavy atom. The number of nitrogens with zero attached hydrogens (tertiary/aromatic N) is 1. The van der Waals surface area contributed by atoms with Crippen LogP contribution in [0.4, 0.5) is 0 Å². The number of carbonyl (C=O) groups is 1. The number of halogens is 1. The van der Waals surface area contributed by atoms with Crippen LogP contribution in [0.3, 0.4) is 0 Å². The van der Waals surface area contributed by atoms with E-state index in [2.05, 4.69) is 0 Å². The van der Waals surface area contributed by atoms with Crippen molar-refractivity contribution in [2.24, 2.45) is 0 Å². The normalized spacial score (nSPS) is 4.86. The van der Waals surface area contributed by atoms with Gasteiger partial charge in [-0.15, -0.1) is 12.4 Å². The molecule has 0 saturated carbocycles. The molecular weight excluding hydrogens is 298 g/mol. The van der Waals surface area contributed by atoms with Crippen LogP contribution >= 0.6 is 12.4 Å². The van der Waals surface area contributed by atoms with Crippen LogP contribution in [0.2, 0.25) is 0 Å². The van der Waals surface area contributed by atoms with Crippen LogP contribution in [-0.4, -0.2) is 25.4 Å². The predicted octanol–water partition coefficient (Wildman–Crippen LogP) is 0.124. The molecule has 0 heterocycles. The van der Waals surface area contributed by atoms with E-state index in [1.807, 2.05) is 0 Å². The zero-order chi connectivity index (χ0) is 4.28. The number of amides is 1. The summed E-state index contributed by atoms with van der Waals surface area (Å²) >= 11 is 0. The number of rotatable bonds is 1. The topological polar surface area (TPSA) is 20.3 Å². The summed E-state index contributed by atoms with van der Waals surface area (Å²) in [7, 11) is 3.38. The summed E-state index contributed by atoms with van der Waals surface area (Å²) in [4.78, 5) is 10.9. The molecule has 0 bridgehead atoms. The average Bonchev–Trinajstić information content (AvgIpc) is 1.38. The maximum absolute atomic E-state index is 9.43. The van der Waals surface area contributed by atoms with Crippen molar-refractivity contribution in [1.29, 1.82) is 0 Å². The summed E-state index contributed by atoms with van der Waals surface area (Å²) in [5.74, 6) is 0. The maximum Gasteiger partial charge on any atom is 0.209 e. The smallest absolute Gasteiger partial charge is 0.209 e. The van der Waals surface area contributed by atoms with Crippen molar-refractivity contribution in [2.75, 3.05) is 14.1 Å². The summed E-state index contributed by atoms with van der Waals surface area (Å²) in [6.07, 6.45) is 0.750. The largest absolute Gasteiger partial charge is 0.351 e. The summed E-state index contributed by atoms with van der Waals surface area (Å²) in [5.41, 5.74) is 0. The molecular formula is C3H8AuClNO. The van der Waals surface area contributed by atoms with Crippen LogP contribution in [0.5, 0.6) is 0 Å². The second-order valence-electron chi connectivity index (χ2n) is 1.07. The Bertz CT molecular complexity index is 41.9. The van der Waals surface area contributed by atoms with E-state index in [4.69, 9.17) is 0 Å². The maximum atomic E-state index is 9.43. The zero-order valence-corrected chi connectivity index (χ0v) is 7.13. The van der Waals surface area contributed by atoms with Gasteiger partial charge in [-0.25, -0.2) is 0 Å². The van der Waals surface area contributed by atoms with E-state index in [1.165, 1.54) is 4.90 Å². The van der Waals surface area contributed by atoms with Gasteiger partial charge in [-0.1, -0.05) is 0 Å². The van der Waals surface area contributed by atoms with Gasteiger partial charge in [-0.2, -0.15) is 0 Å². The average molecular weight is 307 g/mol. The van der Waals surface area contributed by atoms with Crippen LogP contribution in [-0.2, 0) is 27.2 Å². The fourth-order valence-electron chi connectivity index (χ4n) is 0. The molecule has 2 nitrogen and oxygen atoms in total. The van der Waals surface area contributed by atoms with E-state index in [-0.39, 0.29) is 34.8 Å². The zero-order valence-electron chi connectivity index (χ0n) is 4.14. The first kappa shape index (κ1) is 15.6. The van der Waals surface area contributed by atoms with Crippen LogP contribution < -0.4 is 0 Å². The van der Waals surface area contributed by atoms with E-state index in [0.717, 1.165) is 6.41 Å². The summed E-state index contributed by atoms with van der Waals surface area (Å²) < 4.78 is 0. The Morgan fingerprint density at radius 2 is 1.57 bits per heavy atom. The summed E-state index contributed by atoms with van der Waals surface area (Å²) in [6.45, 7) is 0. The van der Waals surface area contributed by atoms with Gasteiger partial charge in [0.15, 0.2) is 0 Å².